The van der Waals surface area contributed by atoms with E-state index in [1.807, 2.05) is 0 Å². The van der Waals surface area contributed by atoms with Crippen molar-refractivity contribution in [1.29, 1.82) is 0 Å². The molecule has 0 radical (unpaired) electrons. The highest BCUT2D eigenvalue weighted by Crippen LogP contribution is 2.50. The van der Waals surface area contributed by atoms with Crippen molar-refractivity contribution in [2.45, 2.75) is 85.5 Å². The lowest BCUT2D eigenvalue weighted by molar-refractivity contribution is 0.741. The van der Waals surface area contributed by atoms with E-state index in [4.69, 9.17) is 0 Å². The summed E-state index contributed by atoms with van der Waals surface area (Å²) in [5, 5.41) is 1.70. The average Bonchev–Trinajstić information content (AvgIpc) is 2.33. The van der Waals surface area contributed by atoms with Crippen LogP contribution in [0.15, 0.2) is 12.1 Å². The number of hydrogen-bond donors (Lipinski definition) is 0. The summed E-state index contributed by atoms with van der Waals surface area (Å²) in [7, 11) is -0.0440. The second kappa shape index (κ2) is 8.18. The molecule has 20 heavy (non-hydrogen) atoms. The highest BCUT2D eigenvalue weighted by molar-refractivity contribution is 7.67. The minimum Gasteiger partial charge on any atom is -0.0689 e. The van der Waals surface area contributed by atoms with E-state index in [2.05, 4.69) is 60.6 Å². The van der Waals surface area contributed by atoms with Crippen molar-refractivity contribution in [1.82, 2.24) is 0 Å². The fourth-order valence-corrected chi connectivity index (χ4v) is 7.34. The molecule has 0 fully saturated rings. The first-order valence-electron chi connectivity index (χ1n) is 8.28. The van der Waals surface area contributed by atoms with E-state index < -0.39 is 0 Å². The molecule has 1 heteroatoms. The molecule has 1 aromatic carbocycles. The Labute approximate surface area is 128 Å². The van der Waals surface area contributed by atoms with Gasteiger partial charge < -0.3 is 0 Å². The van der Waals surface area contributed by atoms with Gasteiger partial charge in [0.05, 0.1) is 0 Å². The molecule has 0 aromatic heterocycles. The zero-order chi connectivity index (χ0) is 15.3. The molecule has 0 N–H and O–H groups in total. The van der Waals surface area contributed by atoms with Crippen LogP contribution in [-0.2, 0) is 0 Å². The molecule has 2 unspecified atom stereocenters. The summed E-state index contributed by atoms with van der Waals surface area (Å²) in [6.45, 7) is 16.5. The van der Waals surface area contributed by atoms with E-state index in [1.165, 1.54) is 42.4 Å². The molecule has 1 aromatic rings. The van der Waals surface area contributed by atoms with Crippen molar-refractivity contribution in [3.63, 3.8) is 0 Å². The Morgan fingerprint density at radius 3 is 1.60 bits per heavy atom. The molecule has 0 spiro atoms. The lowest BCUT2D eigenvalue weighted by Gasteiger charge is -2.33. The molecule has 0 saturated carbocycles. The van der Waals surface area contributed by atoms with Gasteiger partial charge in [-0.2, -0.15) is 0 Å². The van der Waals surface area contributed by atoms with Crippen LogP contribution in [0.4, 0.5) is 0 Å². The van der Waals surface area contributed by atoms with Crippen molar-refractivity contribution >= 4 is 13.2 Å². The van der Waals surface area contributed by atoms with Crippen LogP contribution in [0.3, 0.4) is 0 Å². The highest BCUT2D eigenvalue weighted by Gasteiger charge is 2.26. The number of hydrogen-bond acceptors (Lipinski definition) is 0. The van der Waals surface area contributed by atoms with E-state index in [0.717, 1.165) is 11.3 Å². The first-order chi connectivity index (χ1) is 9.42. The third kappa shape index (κ3) is 4.32. The molecule has 1 rings (SSSR count). The van der Waals surface area contributed by atoms with Crippen molar-refractivity contribution in [2.75, 3.05) is 0 Å². The Kier molecular flexibility index (Phi) is 7.24. The second-order valence-corrected chi connectivity index (χ2v) is 9.45. The van der Waals surface area contributed by atoms with E-state index in [1.54, 1.807) is 5.30 Å². The highest BCUT2D eigenvalue weighted by atomic mass is 31.1. The van der Waals surface area contributed by atoms with Crippen LogP contribution in [-0.4, -0.2) is 11.3 Å². The monoisotopic (exact) mass is 292 g/mol. The van der Waals surface area contributed by atoms with E-state index in [0.29, 0.717) is 0 Å². The first-order valence-corrected chi connectivity index (χ1v) is 9.76. The minimum absolute atomic E-state index is 0.0440. The number of aryl methyl sites for hydroxylation is 3. The van der Waals surface area contributed by atoms with Crippen LogP contribution < -0.4 is 5.30 Å². The molecular formula is C19H33P. The SMILES string of the molecule is CCCC(C)P(c1c(C)cc(C)cc1C)C(C)CCC. The topological polar surface area (TPSA) is 0 Å². The van der Waals surface area contributed by atoms with Crippen LogP contribution in [0.25, 0.3) is 0 Å². The molecule has 0 aliphatic heterocycles. The van der Waals surface area contributed by atoms with Crippen LogP contribution in [0.2, 0.25) is 0 Å². The Hall–Kier alpha value is -0.350. The Morgan fingerprint density at radius 1 is 0.850 bits per heavy atom. The Bertz CT molecular complexity index is 387. The van der Waals surface area contributed by atoms with Gasteiger partial charge in [-0.1, -0.05) is 66.2 Å². The van der Waals surface area contributed by atoms with Gasteiger partial charge in [-0.05, 0) is 61.4 Å². The summed E-state index contributed by atoms with van der Waals surface area (Å²) >= 11 is 0. The maximum absolute atomic E-state index is 2.49. The molecule has 0 bridgehead atoms. The molecule has 0 heterocycles. The molecular weight excluding hydrogens is 259 g/mol. The minimum atomic E-state index is -0.0440. The van der Waals surface area contributed by atoms with Crippen molar-refractivity contribution in [2.24, 2.45) is 0 Å². The number of rotatable bonds is 7. The second-order valence-electron chi connectivity index (χ2n) is 6.43. The summed E-state index contributed by atoms with van der Waals surface area (Å²) in [6, 6.07) is 4.77. The van der Waals surface area contributed by atoms with Gasteiger partial charge in [0.15, 0.2) is 0 Å². The lowest BCUT2D eigenvalue weighted by Crippen LogP contribution is -2.23. The van der Waals surface area contributed by atoms with Gasteiger partial charge in [0.25, 0.3) is 0 Å². The smallest absolute Gasteiger partial charge is 0.0177 e. The van der Waals surface area contributed by atoms with E-state index in [-0.39, 0.29) is 7.92 Å². The fourth-order valence-electron chi connectivity index (χ4n) is 3.57. The van der Waals surface area contributed by atoms with Gasteiger partial charge in [0, 0.05) is 0 Å². The van der Waals surface area contributed by atoms with Gasteiger partial charge in [0.2, 0.25) is 0 Å². The largest absolute Gasteiger partial charge is 0.0689 e. The van der Waals surface area contributed by atoms with Crippen LogP contribution in [0, 0.1) is 20.8 Å². The van der Waals surface area contributed by atoms with Crippen LogP contribution in [0.5, 0.6) is 0 Å². The maximum atomic E-state index is 2.49. The van der Waals surface area contributed by atoms with E-state index >= 15 is 0 Å². The first kappa shape index (κ1) is 17.7. The quantitative estimate of drug-likeness (QED) is 0.533. The zero-order valence-electron chi connectivity index (χ0n) is 14.6. The standard InChI is InChI=1S/C19H33P/c1-8-10-17(6)20(18(7)11-9-2)19-15(4)12-14(3)13-16(19)5/h12-13,17-18H,8-11H2,1-7H3. The third-order valence-corrected chi connectivity index (χ3v) is 7.89. The maximum Gasteiger partial charge on any atom is -0.0177 e. The van der Waals surface area contributed by atoms with Gasteiger partial charge in [-0.15, -0.1) is 0 Å². The van der Waals surface area contributed by atoms with Crippen LogP contribution in [0.1, 0.15) is 70.1 Å². The summed E-state index contributed by atoms with van der Waals surface area (Å²) in [6.07, 6.45) is 5.35. The normalized spacial score (nSPS) is 15.9. The fraction of sp³-hybridized carbons (Fsp3) is 0.684. The summed E-state index contributed by atoms with van der Waals surface area (Å²) in [4.78, 5) is 0. The predicted octanol–water partition coefficient (Wildman–Crippen LogP) is 6.10. The number of benzene rings is 1. The van der Waals surface area contributed by atoms with Gasteiger partial charge >= 0.3 is 0 Å². The van der Waals surface area contributed by atoms with Crippen molar-refractivity contribution in [3.05, 3.63) is 28.8 Å². The van der Waals surface area contributed by atoms with Crippen molar-refractivity contribution in [3.8, 4) is 0 Å². The summed E-state index contributed by atoms with van der Waals surface area (Å²) < 4.78 is 0. The Balaban J connectivity index is 3.22. The lowest BCUT2D eigenvalue weighted by atomic mass is 10.1. The molecule has 114 valence electrons. The van der Waals surface area contributed by atoms with E-state index in [9.17, 15) is 0 Å². The molecule has 0 aliphatic carbocycles. The third-order valence-electron chi connectivity index (χ3n) is 4.26. The predicted molar refractivity (Wildman–Crippen MR) is 95.9 cm³/mol. The van der Waals surface area contributed by atoms with Gasteiger partial charge in [-0.25, -0.2) is 0 Å². The average molecular weight is 292 g/mol. The van der Waals surface area contributed by atoms with Crippen LogP contribution >= 0.6 is 7.92 Å². The van der Waals surface area contributed by atoms with Gasteiger partial charge in [-0.3, -0.25) is 0 Å². The zero-order valence-corrected chi connectivity index (χ0v) is 15.5. The molecule has 0 saturated heterocycles. The molecule has 0 nitrogen and oxygen atoms in total. The summed E-state index contributed by atoms with van der Waals surface area (Å²) in [5.41, 5.74) is 6.15. The van der Waals surface area contributed by atoms with Gasteiger partial charge in [0.1, 0.15) is 0 Å². The Morgan fingerprint density at radius 2 is 1.25 bits per heavy atom. The summed E-state index contributed by atoms with van der Waals surface area (Å²) in [5.74, 6) is 0. The van der Waals surface area contributed by atoms with Crippen molar-refractivity contribution < 1.29 is 0 Å². The molecule has 0 amide bonds. The molecule has 2 atom stereocenters. The molecule has 0 aliphatic rings.